The van der Waals surface area contributed by atoms with Gasteiger partial charge in [-0.2, -0.15) is 0 Å². The third-order valence-electron chi connectivity index (χ3n) is 2.02. The molecule has 0 saturated heterocycles. The standard InChI is InChI=1S/C9H7N.C4H10O/c1-2-6-9-8(4-1)5-3-7-10-9;1-2-3-4-5/h1-7H;5H,2-4H2,1H3. The van der Waals surface area contributed by atoms with Crippen molar-refractivity contribution >= 4 is 10.9 Å². The molecule has 0 aliphatic carbocycles. The normalized spacial score (nSPS) is 9.47. The molecule has 0 amide bonds. The van der Waals surface area contributed by atoms with Crippen molar-refractivity contribution in [1.29, 1.82) is 0 Å². The maximum absolute atomic E-state index is 8.07. The molecular weight excluding hydrogens is 186 g/mol. The molecule has 1 heterocycles. The van der Waals surface area contributed by atoms with E-state index in [0.29, 0.717) is 6.61 Å². The van der Waals surface area contributed by atoms with E-state index in [0.717, 1.165) is 18.4 Å². The molecule has 1 aromatic carbocycles. The lowest BCUT2D eigenvalue weighted by Crippen LogP contribution is -1.75. The fourth-order valence-corrected chi connectivity index (χ4v) is 1.17. The average Bonchev–Trinajstić information content (AvgIpc) is 2.31. The summed E-state index contributed by atoms with van der Waals surface area (Å²) in [4.78, 5) is 4.18. The Hall–Kier alpha value is -1.41. The Morgan fingerprint density at radius 2 is 1.87 bits per heavy atom. The monoisotopic (exact) mass is 203 g/mol. The van der Waals surface area contributed by atoms with E-state index in [1.54, 1.807) is 0 Å². The second-order valence-corrected chi connectivity index (χ2v) is 3.27. The summed E-state index contributed by atoms with van der Waals surface area (Å²) in [5.74, 6) is 0. The van der Waals surface area contributed by atoms with Crippen molar-refractivity contribution in [3.05, 3.63) is 42.6 Å². The number of unbranched alkanes of at least 4 members (excludes halogenated alkanes) is 1. The topological polar surface area (TPSA) is 33.1 Å². The summed E-state index contributed by atoms with van der Waals surface area (Å²) in [6.45, 7) is 2.40. The zero-order valence-corrected chi connectivity index (χ0v) is 9.06. The Morgan fingerprint density at radius 1 is 1.13 bits per heavy atom. The predicted octanol–water partition coefficient (Wildman–Crippen LogP) is 3.01. The van der Waals surface area contributed by atoms with Crippen molar-refractivity contribution in [2.75, 3.05) is 6.61 Å². The predicted molar refractivity (Wildman–Crippen MR) is 63.7 cm³/mol. The molecule has 0 spiro atoms. The minimum Gasteiger partial charge on any atom is -0.396 e. The van der Waals surface area contributed by atoms with Gasteiger partial charge in [0, 0.05) is 18.2 Å². The lowest BCUT2D eigenvalue weighted by atomic mass is 10.2. The van der Waals surface area contributed by atoms with E-state index in [-0.39, 0.29) is 0 Å². The Bertz CT molecular complexity index is 319. The summed E-state index contributed by atoms with van der Waals surface area (Å²) in [5.41, 5.74) is 1.06. The molecule has 2 heteroatoms. The number of fused-ring (bicyclic) bond motifs is 1. The molecule has 0 radical (unpaired) electrons. The van der Waals surface area contributed by atoms with Gasteiger partial charge < -0.3 is 5.11 Å². The average molecular weight is 203 g/mol. The van der Waals surface area contributed by atoms with Gasteiger partial charge in [-0.1, -0.05) is 37.6 Å². The van der Waals surface area contributed by atoms with Crippen LogP contribution in [0.25, 0.3) is 10.9 Å². The first-order valence-electron chi connectivity index (χ1n) is 5.29. The van der Waals surface area contributed by atoms with Crippen LogP contribution in [-0.4, -0.2) is 16.7 Å². The van der Waals surface area contributed by atoms with Crippen LogP contribution in [0.5, 0.6) is 0 Å². The van der Waals surface area contributed by atoms with Crippen molar-refractivity contribution < 1.29 is 5.11 Å². The zero-order valence-electron chi connectivity index (χ0n) is 9.06. The van der Waals surface area contributed by atoms with Crippen molar-refractivity contribution in [2.24, 2.45) is 0 Å². The second kappa shape index (κ2) is 6.96. The number of aliphatic hydroxyl groups is 1. The van der Waals surface area contributed by atoms with Crippen LogP contribution in [0.2, 0.25) is 0 Å². The molecule has 0 saturated carbocycles. The summed E-state index contributed by atoms with van der Waals surface area (Å²) in [7, 11) is 0. The maximum Gasteiger partial charge on any atom is 0.0701 e. The van der Waals surface area contributed by atoms with Crippen LogP contribution in [0, 0.1) is 0 Å². The number of hydrogen-bond donors (Lipinski definition) is 1. The van der Waals surface area contributed by atoms with Gasteiger partial charge in [-0.3, -0.25) is 4.98 Å². The molecule has 2 aromatic rings. The largest absolute Gasteiger partial charge is 0.396 e. The van der Waals surface area contributed by atoms with Crippen molar-refractivity contribution in [3.63, 3.8) is 0 Å². The van der Waals surface area contributed by atoms with E-state index in [4.69, 9.17) is 5.11 Å². The van der Waals surface area contributed by atoms with Gasteiger partial charge in [0.2, 0.25) is 0 Å². The van der Waals surface area contributed by atoms with E-state index in [1.165, 1.54) is 5.39 Å². The highest BCUT2D eigenvalue weighted by Crippen LogP contribution is 2.07. The maximum atomic E-state index is 8.07. The van der Waals surface area contributed by atoms with Crippen molar-refractivity contribution in [3.8, 4) is 0 Å². The quantitative estimate of drug-likeness (QED) is 0.813. The summed E-state index contributed by atoms with van der Waals surface area (Å²) in [6, 6.07) is 12.1. The van der Waals surface area contributed by atoms with Gasteiger partial charge >= 0.3 is 0 Å². The molecule has 0 atom stereocenters. The third kappa shape index (κ3) is 4.09. The van der Waals surface area contributed by atoms with Gasteiger partial charge in [-0.15, -0.1) is 0 Å². The van der Waals surface area contributed by atoms with Crippen LogP contribution in [0.1, 0.15) is 19.8 Å². The summed E-state index contributed by atoms with van der Waals surface area (Å²) in [6.07, 6.45) is 3.85. The number of para-hydroxylation sites is 1. The molecule has 0 unspecified atom stereocenters. The minimum absolute atomic E-state index is 0.344. The van der Waals surface area contributed by atoms with E-state index in [1.807, 2.05) is 30.5 Å². The van der Waals surface area contributed by atoms with Crippen LogP contribution in [0.15, 0.2) is 42.6 Å². The first-order chi connectivity index (χ1) is 7.38. The SMILES string of the molecule is CCCCO.c1ccc2ncccc2c1. The fourth-order valence-electron chi connectivity index (χ4n) is 1.17. The van der Waals surface area contributed by atoms with Crippen molar-refractivity contribution in [2.45, 2.75) is 19.8 Å². The lowest BCUT2D eigenvalue weighted by Gasteiger charge is -1.91. The number of rotatable bonds is 2. The Morgan fingerprint density at radius 3 is 2.47 bits per heavy atom. The van der Waals surface area contributed by atoms with Crippen LogP contribution < -0.4 is 0 Å². The summed E-state index contributed by atoms with van der Waals surface area (Å²) in [5, 5.41) is 9.27. The van der Waals surface area contributed by atoms with Gasteiger partial charge in [-0.25, -0.2) is 0 Å². The van der Waals surface area contributed by atoms with Crippen LogP contribution in [-0.2, 0) is 0 Å². The molecule has 0 aliphatic heterocycles. The van der Waals surface area contributed by atoms with Gasteiger partial charge in [0.05, 0.1) is 5.52 Å². The molecule has 2 rings (SSSR count). The minimum atomic E-state index is 0.344. The van der Waals surface area contributed by atoms with E-state index >= 15 is 0 Å². The Kier molecular flexibility index (Phi) is 5.41. The molecule has 0 aliphatic rings. The second-order valence-electron chi connectivity index (χ2n) is 3.27. The summed E-state index contributed by atoms with van der Waals surface area (Å²) >= 11 is 0. The Labute approximate surface area is 90.6 Å². The highest BCUT2D eigenvalue weighted by atomic mass is 16.2. The number of pyridine rings is 1. The van der Waals surface area contributed by atoms with Crippen LogP contribution >= 0.6 is 0 Å². The number of aliphatic hydroxyl groups excluding tert-OH is 1. The van der Waals surface area contributed by atoms with Crippen LogP contribution in [0.4, 0.5) is 0 Å². The summed E-state index contributed by atoms with van der Waals surface area (Å²) < 4.78 is 0. The number of hydrogen-bond acceptors (Lipinski definition) is 2. The van der Waals surface area contributed by atoms with E-state index < -0.39 is 0 Å². The molecule has 80 valence electrons. The first-order valence-corrected chi connectivity index (χ1v) is 5.29. The Balaban J connectivity index is 0.000000195. The fraction of sp³-hybridized carbons (Fsp3) is 0.308. The van der Waals surface area contributed by atoms with Gasteiger partial charge in [0.25, 0.3) is 0 Å². The zero-order chi connectivity index (χ0) is 10.9. The number of benzene rings is 1. The lowest BCUT2D eigenvalue weighted by molar-refractivity contribution is 0.287. The number of nitrogens with zero attached hydrogens (tertiary/aromatic N) is 1. The highest BCUT2D eigenvalue weighted by molar-refractivity contribution is 5.77. The van der Waals surface area contributed by atoms with Crippen LogP contribution in [0.3, 0.4) is 0 Å². The van der Waals surface area contributed by atoms with E-state index in [9.17, 15) is 0 Å². The van der Waals surface area contributed by atoms with Crippen molar-refractivity contribution in [1.82, 2.24) is 4.98 Å². The first kappa shape index (κ1) is 11.7. The molecular formula is C13H17NO. The highest BCUT2D eigenvalue weighted by Gasteiger charge is 1.86. The molecule has 0 fully saturated rings. The third-order valence-corrected chi connectivity index (χ3v) is 2.02. The van der Waals surface area contributed by atoms with Gasteiger partial charge in [-0.05, 0) is 18.6 Å². The number of aromatic nitrogens is 1. The van der Waals surface area contributed by atoms with Gasteiger partial charge in [0.15, 0.2) is 0 Å². The molecule has 0 bridgehead atoms. The molecule has 1 aromatic heterocycles. The molecule has 15 heavy (non-hydrogen) atoms. The smallest absolute Gasteiger partial charge is 0.0701 e. The van der Waals surface area contributed by atoms with E-state index in [2.05, 4.69) is 24.0 Å². The molecule has 2 nitrogen and oxygen atoms in total. The van der Waals surface area contributed by atoms with Gasteiger partial charge in [0.1, 0.15) is 0 Å². The molecule has 1 N–H and O–H groups in total.